The second kappa shape index (κ2) is 11.4. The van der Waals surface area contributed by atoms with Crippen molar-refractivity contribution in [2.45, 2.75) is 68.5 Å². The number of nitrogens with one attached hydrogen (secondary N) is 1. The van der Waals surface area contributed by atoms with Crippen LogP contribution < -0.4 is 10.1 Å². The highest BCUT2D eigenvalue weighted by Crippen LogP contribution is 2.51. The number of nitrogens with zero attached hydrogens (tertiary/aromatic N) is 4. The first-order chi connectivity index (χ1) is 17.6. The molecule has 15 nitrogen and oxygen atoms in total. The molecule has 16 heteroatoms. The van der Waals surface area contributed by atoms with Crippen molar-refractivity contribution in [3.05, 3.63) is 6.20 Å². The monoisotopic (exact) mass is 547 g/mol. The van der Waals surface area contributed by atoms with E-state index in [1.165, 1.54) is 10.9 Å². The van der Waals surface area contributed by atoms with Crippen molar-refractivity contribution in [2.24, 2.45) is 0 Å². The van der Waals surface area contributed by atoms with Crippen molar-refractivity contribution < 1.29 is 48.6 Å². The van der Waals surface area contributed by atoms with Crippen molar-refractivity contribution in [2.75, 3.05) is 38.9 Å². The molecule has 0 amide bonds. The molecule has 0 spiro atoms. The second-order valence-corrected chi connectivity index (χ2v) is 11.4. The summed E-state index contributed by atoms with van der Waals surface area (Å²) in [6, 6.07) is 0.305. The molecule has 1 saturated carbocycles. The fourth-order valence-corrected chi connectivity index (χ4v) is 4.73. The molecule has 2 fully saturated rings. The number of aliphatic hydroxyl groups is 3. The van der Waals surface area contributed by atoms with Gasteiger partial charge in [0.15, 0.2) is 17.2 Å². The van der Waals surface area contributed by atoms with Gasteiger partial charge < -0.3 is 49.4 Å². The predicted molar refractivity (Wildman–Crippen MR) is 128 cm³/mol. The van der Waals surface area contributed by atoms with Crippen molar-refractivity contribution in [3.8, 4) is 6.01 Å². The van der Waals surface area contributed by atoms with Gasteiger partial charge in [0.05, 0.1) is 31.4 Å². The number of hydrogen-bond acceptors (Lipinski definition) is 12. The quantitative estimate of drug-likeness (QED) is 0.149. The van der Waals surface area contributed by atoms with Gasteiger partial charge in [0, 0.05) is 13.2 Å². The molecular weight excluding hydrogens is 513 g/mol. The van der Waals surface area contributed by atoms with Crippen LogP contribution >= 0.6 is 7.60 Å². The van der Waals surface area contributed by atoms with E-state index < -0.39 is 50.7 Å². The highest BCUT2D eigenvalue weighted by atomic mass is 31.2. The van der Waals surface area contributed by atoms with Crippen LogP contribution in [-0.4, -0.2) is 108 Å². The second-order valence-electron chi connectivity index (χ2n) is 9.38. The molecule has 6 N–H and O–H groups in total. The van der Waals surface area contributed by atoms with E-state index in [0.29, 0.717) is 17.8 Å². The van der Waals surface area contributed by atoms with Gasteiger partial charge in [-0.1, -0.05) is 12.8 Å². The molecule has 0 radical (unpaired) electrons. The largest absolute Gasteiger partial charge is 0.461 e. The zero-order valence-corrected chi connectivity index (χ0v) is 21.5. The first kappa shape index (κ1) is 28.1. The Morgan fingerprint density at radius 2 is 1.95 bits per heavy atom. The molecule has 1 unspecified atom stereocenters. The van der Waals surface area contributed by atoms with Crippen LogP contribution in [0.25, 0.3) is 11.0 Å². The van der Waals surface area contributed by atoms with Gasteiger partial charge in [0.1, 0.15) is 30.7 Å². The predicted octanol–water partition coefficient (Wildman–Crippen LogP) is -0.272. The van der Waals surface area contributed by atoms with Gasteiger partial charge in [0.25, 0.3) is 0 Å². The van der Waals surface area contributed by atoms with Gasteiger partial charge in [-0.05, 0) is 19.8 Å². The van der Waals surface area contributed by atoms with E-state index in [4.69, 9.17) is 18.9 Å². The van der Waals surface area contributed by atoms with Gasteiger partial charge in [-0.15, -0.1) is 0 Å². The Kier molecular flexibility index (Phi) is 8.68. The van der Waals surface area contributed by atoms with Crippen molar-refractivity contribution >= 4 is 24.4 Å². The van der Waals surface area contributed by atoms with Crippen LogP contribution in [0.1, 0.15) is 38.8 Å². The van der Waals surface area contributed by atoms with Crippen molar-refractivity contribution in [3.63, 3.8) is 0 Å². The number of anilines is 1. The standard InChI is InChI=1S/C21H34N5O10P/c1-21(11-27,37(30,31)32)35-10-14-15(28)16(29)19(36-14)26-18-13(9-22-26)17(23-12-5-3-4-6-12)24-20(25-18)34-8-7-33-2/h9,12,14-16,19,27-29H,3-8,10-11H2,1-2H3,(H,23,24,25)(H2,30,31,32)/t14-,15-,16-,19-,21?/m1/s1. The summed E-state index contributed by atoms with van der Waals surface area (Å²) in [6.07, 6.45) is 0.439. The van der Waals surface area contributed by atoms with E-state index in [-0.39, 0.29) is 24.3 Å². The Hall–Kier alpha value is -1.94. The Morgan fingerprint density at radius 3 is 2.59 bits per heavy atom. The fourth-order valence-electron chi connectivity index (χ4n) is 4.30. The van der Waals surface area contributed by atoms with Crippen LogP contribution in [0.2, 0.25) is 0 Å². The lowest BCUT2D eigenvalue weighted by Gasteiger charge is -2.29. The van der Waals surface area contributed by atoms with Crippen LogP contribution in [0.15, 0.2) is 6.20 Å². The molecule has 37 heavy (non-hydrogen) atoms. The maximum atomic E-state index is 11.7. The molecule has 4 rings (SSSR count). The molecule has 0 aromatic carbocycles. The van der Waals surface area contributed by atoms with E-state index in [0.717, 1.165) is 32.6 Å². The summed E-state index contributed by atoms with van der Waals surface area (Å²) in [7, 11) is -3.30. The third-order valence-corrected chi connectivity index (χ3v) is 8.20. The molecule has 0 bridgehead atoms. The zero-order valence-electron chi connectivity index (χ0n) is 20.6. The Labute approximate surface area is 212 Å². The lowest BCUT2D eigenvalue weighted by Crippen LogP contribution is -2.39. The lowest BCUT2D eigenvalue weighted by molar-refractivity contribution is -0.104. The van der Waals surface area contributed by atoms with Crippen LogP contribution in [0.4, 0.5) is 5.82 Å². The maximum absolute atomic E-state index is 11.7. The summed E-state index contributed by atoms with van der Waals surface area (Å²) in [4.78, 5) is 27.9. The smallest absolute Gasteiger partial charge is 0.359 e. The molecular formula is C21H34N5O10P. The van der Waals surface area contributed by atoms with Crippen LogP contribution in [0.5, 0.6) is 6.01 Å². The minimum atomic E-state index is -4.85. The molecule has 2 aromatic heterocycles. The average molecular weight is 548 g/mol. The van der Waals surface area contributed by atoms with Crippen molar-refractivity contribution in [1.82, 2.24) is 19.7 Å². The third kappa shape index (κ3) is 5.90. The SMILES string of the molecule is COCCOc1nc(NC2CCCC2)c2cnn([C@@H]3O[C@H](COC(C)(CO)P(=O)(O)O)[C@@H](O)[C@H]3O)c2n1. The van der Waals surface area contributed by atoms with E-state index >= 15 is 0 Å². The number of methoxy groups -OCH3 is 1. The molecule has 1 aliphatic carbocycles. The molecule has 3 heterocycles. The molecule has 1 saturated heterocycles. The van der Waals surface area contributed by atoms with Crippen LogP contribution in [-0.2, 0) is 18.8 Å². The third-order valence-electron chi connectivity index (χ3n) is 6.69. The van der Waals surface area contributed by atoms with Crippen molar-refractivity contribution in [1.29, 1.82) is 0 Å². The van der Waals surface area contributed by atoms with Gasteiger partial charge in [-0.25, -0.2) is 4.68 Å². The van der Waals surface area contributed by atoms with E-state index in [1.807, 2.05) is 0 Å². The Balaban J connectivity index is 1.59. The summed E-state index contributed by atoms with van der Waals surface area (Å²) >= 11 is 0. The fraction of sp³-hybridized carbons (Fsp3) is 0.762. The molecule has 2 aliphatic rings. The number of ether oxygens (including phenoxy) is 4. The van der Waals surface area contributed by atoms with Gasteiger partial charge in [-0.3, -0.25) is 4.57 Å². The minimum absolute atomic E-state index is 0.0695. The number of fused-ring (bicyclic) bond motifs is 1. The first-order valence-electron chi connectivity index (χ1n) is 12.0. The molecule has 5 atom stereocenters. The molecule has 1 aliphatic heterocycles. The Morgan fingerprint density at radius 1 is 1.22 bits per heavy atom. The molecule has 2 aromatic rings. The Bertz CT molecular complexity index is 1110. The van der Waals surface area contributed by atoms with Crippen LogP contribution in [0, 0.1) is 0 Å². The molecule has 208 valence electrons. The summed E-state index contributed by atoms with van der Waals surface area (Å²) in [5.74, 6) is 0.517. The number of aromatic nitrogens is 4. The lowest BCUT2D eigenvalue weighted by atomic mass is 10.1. The summed E-state index contributed by atoms with van der Waals surface area (Å²) in [5.41, 5.74) is 0.288. The van der Waals surface area contributed by atoms with Gasteiger partial charge in [0.2, 0.25) is 0 Å². The highest BCUT2D eigenvalue weighted by Gasteiger charge is 2.48. The average Bonchev–Trinajstić information content (AvgIpc) is 3.58. The van der Waals surface area contributed by atoms with Crippen LogP contribution in [0.3, 0.4) is 0 Å². The maximum Gasteiger partial charge on any atom is 0.359 e. The summed E-state index contributed by atoms with van der Waals surface area (Å²) in [6.45, 7) is 0.111. The number of rotatable bonds is 12. The van der Waals surface area contributed by atoms with E-state index in [2.05, 4.69) is 20.4 Å². The first-order valence-corrected chi connectivity index (χ1v) is 13.6. The minimum Gasteiger partial charge on any atom is -0.461 e. The van der Waals surface area contributed by atoms with E-state index in [1.54, 1.807) is 7.11 Å². The summed E-state index contributed by atoms with van der Waals surface area (Å²) < 4.78 is 34.7. The zero-order chi connectivity index (χ0) is 26.8. The normalized spacial score (nSPS) is 26.6. The number of aliphatic hydroxyl groups excluding tert-OH is 3. The van der Waals surface area contributed by atoms with E-state index in [9.17, 15) is 29.7 Å². The summed E-state index contributed by atoms with van der Waals surface area (Å²) in [5, 5.41) is 36.9. The number of hydrogen-bond donors (Lipinski definition) is 6. The van der Waals surface area contributed by atoms with Gasteiger partial charge >= 0.3 is 13.6 Å². The topological polar surface area (TPSA) is 211 Å². The highest BCUT2D eigenvalue weighted by molar-refractivity contribution is 7.53. The van der Waals surface area contributed by atoms with Gasteiger partial charge in [-0.2, -0.15) is 15.1 Å².